The summed E-state index contributed by atoms with van der Waals surface area (Å²) in [7, 11) is 0. The highest BCUT2D eigenvalue weighted by Gasteiger charge is 2.26. The number of nitrogens with zero attached hydrogens (tertiary/aromatic N) is 3. The Balaban J connectivity index is 1.87. The molecular formula is C15H26N4O2S. The molecule has 124 valence electrons. The number of likely N-dealkylation sites (tertiary alicyclic amines) is 1. The summed E-state index contributed by atoms with van der Waals surface area (Å²) in [5.74, 6) is 0.719. The van der Waals surface area contributed by atoms with Crippen LogP contribution in [0.25, 0.3) is 0 Å². The van der Waals surface area contributed by atoms with Crippen LogP contribution in [-0.2, 0) is 0 Å². The largest absolute Gasteiger partial charge is 0.393 e. The van der Waals surface area contributed by atoms with Crippen molar-refractivity contribution in [3.8, 4) is 0 Å². The van der Waals surface area contributed by atoms with Gasteiger partial charge in [0.15, 0.2) is 0 Å². The van der Waals surface area contributed by atoms with Crippen LogP contribution in [0.5, 0.6) is 0 Å². The van der Waals surface area contributed by atoms with E-state index in [1.54, 1.807) is 4.90 Å². The average Bonchev–Trinajstić information content (AvgIpc) is 2.97. The summed E-state index contributed by atoms with van der Waals surface area (Å²) in [5, 5.41) is 22.3. The van der Waals surface area contributed by atoms with E-state index in [2.05, 4.69) is 29.4 Å². The van der Waals surface area contributed by atoms with Crippen LogP contribution in [0, 0.1) is 5.92 Å². The summed E-state index contributed by atoms with van der Waals surface area (Å²) >= 11 is 1.47. The maximum Gasteiger partial charge on any atom is 0.323 e. The molecule has 1 fully saturated rings. The van der Waals surface area contributed by atoms with Gasteiger partial charge in [-0.25, -0.2) is 4.79 Å². The Morgan fingerprint density at radius 2 is 2.00 bits per heavy atom. The van der Waals surface area contributed by atoms with Gasteiger partial charge in [-0.1, -0.05) is 25.2 Å². The number of aliphatic hydroxyl groups excluding tert-OH is 1. The monoisotopic (exact) mass is 326 g/mol. The van der Waals surface area contributed by atoms with Crippen molar-refractivity contribution in [1.29, 1.82) is 0 Å². The molecule has 2 rings (SSSR count). The number of urea groups is 1. The summed E-state index contributed by atoms with van der Waals surface area (Å²) in [6.45, 7) is 7.46. The van der Waals surface area contributed by atoms with Crippen molar-refractivity contribution in [2.24, 2.45) is 5.92 Å². The van der Waals surface area contributed by atoms with Gasteiger partial charge in [-0.3, -0.25) is 5.32 Å². The molecule has 0 bridgehead atoms. The first kappa shape index (κ1) is 17.1. The number of amides is 2. The fourth-order valence-corrected chi connectivity index (χ4v) is 3.84. The topological polar surface area (TPSA) is 78.4 Å². The highest BCUT2D eigenvalue weighted by Crippen LogP contribution is 2.28. The van der Waals surface area contributed by atoms with Gasteiger partial charge in [-0.2, -0.15) is 0 Å². The van der Waals surface area contributed by atoms with Crippen LogP contribution in [0.3, 0.4) is 0 Å². The molecule has 1 aliphatic heterocycles. The second-order valence-corrected chi connectivity index (χ2v) is 6.96. The number of carbonyl (C=O) groups is 1. The molecule has 7 heteroatoms. The minimum Gasteiger partial charge on any atom is -0.393 e. The van der Waals surface area contributed by atoms with Crippen molar-refractivity contribution in [2.45, 2.75) is 58.5 Å². The predicted octanol–water partition coefficient (Wildman–Crippen LogP) is 3.07. The Bertz CT molecular complexity index is 480. The fraction of sp³-hybridized carbons (Fsp3) is 0.800. The molecule has 1 unspecified atom stereocenters. The maximum atomic E-state index is 12.3. The van der Waals surface area contributed by atoms with Crippen molar-refractivity contribution < 1.29 is 9.90 Å². The number of aliphatic hydroxyl groups is 1. The van der Waals surface area contributed by atoms with E-state index in [0.29, 0.717) is 30.1 Å². The number of hydrogen-bond acceptors (Lipinski definition) is 5. The number of carbonyl (C=O) groups excluding carboxylic acids is 1. The zero-order valence-corrected chi connectivity index (χ0v) is 14.4. The zero-order chi connectivity index (χ0) is 16.1. The Morgan fingerprint density at radius 3 is 2.55 bits per heavy atom. The van der Waals surface area contributed by atoms with E-state index >= 15 is 0 Å². The van der Waals surface area contributed by atoms with Crippen LogP contribution >= 0.6 is 11.3 Å². The molecule has 0 saturated carbocycles. The van der Waals surface area contributed by atoms with Gasteiger partial charge in [-0.05, 0) is 38.5 Å². The Kier molecular flexibility index (Phi) is 6.14. The van der Waals surface area contributed by atoms with Crippen LogP contribution in [0.4, 0.5) is 9.93 Å². The van der Waals surface area contributed by atoms with Crippen molar-refractivity contribution >= 4 is 22.5 Å². The second kappa shape index (κ2) is 7.87. The quantitative estimate of drug-likeness (QED) is 0.871. The van der Waals surface area contributed by atoms with Gasteiger partial charge < -0.3 is 10.0 Å². The Morgan fingerprint density at radius 1 is 1.36 bits per heavy atom. The standard InChI is InChI=1S/C15H26N4O2S/c1-4-11(5-2)13-17-18-14(22-13)16-15(21)19-8-6-12(7-9-19)10(3)20/h10-12,20H,4-9H2,1-3H3,(H,16,18,21). The molecule has 6 nitrogen and oxygen atoms in total. The van der Waals surface area contributed by atoms with Gasteiger partial charge in [0.25, 0.3) is 0 Å². The number of anilines is 1. The molecule has 0 spiro atoms. The van der Waals surface area contributed by atoms with E-state index in [0.717, 1.165) is 30.7 Å². The summed E-state index contributed by atoms with van der Waals surface area (Å²) < 4.78 is 0. The first-order valence-corrected chi connectivity index (χ1v) is 8.94. The third kappa shape index (κ3) is 4.16. The molecule has 2 heterocycles. The lowest BCUT2D eigenvalue weighted by atomic mass is 9.92. The number of aromatic nitrogens is 2. The van der Waals surface area contributed by atoms with Gasteiger partial charge in [-0.15, -0.1) is 10.2 Å². The smallest absolute Gasteiger partial charge is 0.323 e. The first-order valence-electron chi connectivity index (χ1n) is 8.12. The SMILES string of the molecule is CCC(CC)c1nnc(NC(=O)N2CCC(C(C)O)CC2)s1. The summed E-state index contributed by atoms with van der Waals surface area (Å²) in [6.07, 6.45) is 3.47. The van der Waals surface area contributed by atoms with Crippen LogP contribution < -0.4 is 5.32 Å². The van der Waals surface area contributed by atoms with Crippen molar-refractivity contribution in [3.63, 3.8) is 0 Å². The molecule has 22 heavy (non-hydrogen) atoms. The van der Waals surface area contributed by atoms with Crippen LogP contribution in [-0.4, -0.2) is 45.4 Å². The lowest BCUT2D eigenvalue weighted by Gasteiger charge is -2.32. The van der Waals surface area contributed by atoms with E-state index in [1.807, 2.05) is 6.92 Å². The third-order valence-corrected chi connectivity index (χ3v) is 5.50. The Hall–Kier alpha value is -1.21. The van der Waals surface area contributed by atoms with Crippen LogP contribution in [0.1, 0.15) is 57.4 Å². The van der Waals surface area contributed by atoms with E-state index < -0.39 is 0 Å². The molecule has 1 aromatic rings. The number of nitrogens with one attached hydrogen (secondary N) is 1. The first-order chi connectivity index (χ1) is 10.5. The van der Waals surface area contributed by atoms with E-state index in [4.69, 9.17) is 0 Å². The number of piperidine rings is 1. The lowest BCUT2D eigenvalue weighted by Crippen LogP contribution is -2.42. The molecule has 0 radical (unpaired) electrons. The Labute approximate surface area is 135 Å². The van der Waals surface area contributed by atoms with E-state index in [9.17, 15) is 9.90 Å². The van der Waals surface area contributed by atoms with Gasteiger partial charge in [0.05, 0.1) is 6.10 Å². The van der Waals surface area contributed by atoms with Gasteiger partial charge >= 0.3 is 6.03 Å². The molecule has 1 aliphatic rings. The van der Waals surface area contributed by atoms with Crippen LogP contribution in [0.15, 0.2) is 0 Å². The summed E-state index contributed by atoms with van der Waals surface area (Å²) in [4.78, 5) is 14.0. The molecular weight excluding hydrogens is 300 g/mol. The van der Waals surface area contributed by atoms with Crippen molar-refractivity contribution in [2.75, 3.05) is 18.4 Å². The maximum absolute atomic E-state index is 12.3. The van der Waals surface area contributed by atoms with Gasteiger partial charge in [0, 0.05) is 19.0 Å². The third-order valence-electron chi connectivity index (χ3n) is 4.50. The zero-order valence-electron chi connectivity index (χ0n) is 13.6. The number of hydrogen-bond donors (Lipinski definition) is 2. The lowest BCUT2D eigenvalue weighted by molar-refractivity contribution is 0.0820. The molecule has 1 aromatic heterocycles. The normalized spacial score (nSPS) is 17.8. The highest BCUT2D eigenvalue weighted by molar-refractivity contribution is 7.15. The van der Waals surface area contributed by atoms with E-state index in [-0.39, 0.29) is 12.1 Å². The van der Waals surface area contributed by atoms with Gasteiger partial charge in [0.2, 0.25) is 5.13 Å². The summed E-state index contributed by atoms with van der Waals surface area (Å²) in [5.41, 5.74) is 0. The average molecular weight is 326 g/mol. The summed E-state index contributed by atoms with van der Waals surface area (Å²) in [6, 6.07) is -0.115. The second-order valence-electron chi connectivity index (χ2n) is 5.95. The molecule has 2 amide bonds. The van der Waals surface area contributed by atoms with Crippen LogP contribution in [0.2, 0.25) is 0 Å². The molecule has 2 N–H and O–H groups in total. The minimum absolute atomic E-state index is 0.115. The molecule has 0 aromatic carbocycles. The fourth-order valence-electron chi connectivity index (χ4n) is 2.84. The molecule has 1 saturated heterocycles. The van der Waals surface area contributed by atoms with Crippen molar-refractivity contribution in [3.05, 3.63) is 5.01 Å². The van der Waals surface area contributed by atoms with Crippen molar-refractivity contribution in [1.82, 2.24) is 15.1 Å². The highest BCUT2D eigenvalue weighted by atomic mass is 32.1. The van der Waals surface area contributed by atoms with Gasteiger partial charge in [0.1, 0.15) is 5.01 Å². The number of rotatable bonds is 5. The molecule has 1 atom stereocenters. The predicted molar refractivity (Wildman–Crippen MR) is 88.2 cm³/mol. The molecule has 0 aliphatic carbocycles. The van der Waals surface area contributed by atoms with E-state index in [1.165, 1.54) is 11.3 Å². The minimum atomic E-state index is -0.295.